The molecule has 0 amide bonds. The molecule has 2 unspecified atom stereocenters. The molecule has 1 aromatic heterocycles. The summed E-state index contributed by atoms with van der Waals surface area (Å²) in [5.41, 5.74) is 3.85. The molecule has 0 aliphatic carbocycles. The lowest BCUT2D eigenvalue weighted by Gasteiger charge is -2.24. The zero-order valence-corrected chi connectivity index (χ0v) is 12.7. The molecule has 19 heavy (non-hydrogen) atoms. The molecule has 1 aliphatic heterocycles. The molecule has 2 heterocycles. The first-order chi connectivity index (χ1) is 9.19. The van der Waals surface area contributed by atoms with E-state index in [1.807, 2.05) is 0 Å². The van der Waals surface area contributed by atoms with Gasteiger partial charge in [0, 0.05) is 23.9 Å². The van der Waals surface area contributed by atoms with Gasteiger partial charge in [-0.05, 0) is 39.7 Å². The van der Waals surface area contributed by atoms with Crippen LogP contribution in [0.15, 0.2) is 0 Å². The maximum absolute atomic E-state index is 5.60. The second-order valence-electron chi connectivity index (χ2n) is 5.42. The van der Waals surface area contributed by atoms with Crippen LogP contribution in [0.5, 0.6) is 0 Å². The number of aryl methyl sites for hydroxylation is 1. The standard InChI is InChI=1S/C15H27N3O/c1-5-14(16-6-2)15-11(3)17-18(12(15)4)13-8-7-9-19-10-13/h13-14,16H,5-10H2,1-4H3. The first kappa shape index (κ1) is 14.5. The van der Waals surface area contributed by atoms with Crippen LogP contribution in [0.4, 0.5) is 0 Å². The predicted octanol–water partition coefficient (Wildman–Crippen LogP) is 2.91. The third-order valence-electron chi connectivity index (χ3n) is 4.07. The number of ether oxygens (including phenoxy) is 1. The van der Waals surface area contributed by atoms with E-state index in [1.165, 1.54) is 17.7 Å². The fourth-order valence-electron chi connectivity index (χ4n) is 3.15. The summed E-state index contributed by atoms with van der Waals surface area (Å²) in [5, 5.41) is 8.34. The van der Waals surface area contributed by atoms with Crippen molar-refractivity contribution in [2.75, 3.05) is 19.8 Å². The first-order valence-corrected chi connectivity index (χ1v) is 7.55. The van der Waals surface area contributed by atoms with E-state index in [0.717, 1.165) is 38.3 Å². The Labute approximate surface area is 116 Å². The van der Waals surface area contributed by atoms with Crippen LogP contribution < -0.4 is 5.32 Å². The van der Waals surface area contributed by atoms with Crippen LogP contribution in [-0.4, -0.2) is 29.5 Å². The highest BCUT2D eigenvalue weighted by Crippen LogP contribution is 2.28. The van der Waals surface area contributed by atoms with Gasteiger partial charge in [0.15, 0.2) is 0 Å². The summed E-state index contributed by atoms with van der Waals surface area (Å²) in [6, 6.07) is 0.837. The van der Waals surface area contributed by atoms with Gasteiger partial charge < -0.3 is 10.1 Å². The summed E-state index contributed by atoms with van der Waals surface area (Å²) < 4.78 is 7.80. The summed E-state index contributed by atoms with van der Waals surface area (Å²) in [6.07, 6.45) is 3.42. The molecule has 0 aromatic carbocycles. The Balaban J connectivity index is 2.27. The number of rotatable bonds is 5. The third-order valence-corrected chi connectivity index (χ3v) is 4.07. The molecule has 1 N–H and O–H groups in total. The van der Waals surface area contributed by atoms with E-state index in [-0.39, 0.29) is 0 Å². The van der Waals surface area contributed by atoms with E-state index in [9.17, 15) is 0 Å². The number of hydrogen-bond acceptors (Lipinski definition) is 3. The highest BCUT2D eigenvalue weighted by Gasteiger charge is 2.24. The smallest absolute Gasteiger partial charge is 0.0756 e. The molecular formula is C15H27N3O. The highest BCUT2D eigenvalue weighted by molar-refractivity contribution is 5.28. The first-order valence-electron chi connectivity index (χ1n) is 7.55. The average molecular weight is 265 g/mol. The molecule has 2 rings (SSSR count). The molecule has 1 saturated heterocycles. The molecule has 0 radical (unpaired) electrons. The lowest BCUT2D eigenvalue weighted by molar-refractivity contribution is 0.0540. The van der Waals surface area contributed by atoms with Gasteiger partial charge in [-0.25, -0.2) is 0 Å². The average Bonchev–Trinajstić information content (AvgIpc) is 2.73. The van der Waals surface area contributed by atoms with Crippen LogP contribution in [0.3, 0.4) is 0 Å². The SMILES string of the molecule is CCNC(CC)c1c(C)nn(C2CCCOC2)c1C. The van der Waals surface area contributed by atoms with E-state index in [2.05, 4.69) is 37.7 Å². The van der Waals surface area contributed by atoms with E-state index in [1.54, 1.807) is 0 Å². The second kappa shape index (κ2) is 6.53. The van der Waals surface area contributed by atoms with E-state index < -0.39 is 0 Å². The molecule has 1 fully saturated rings. The summed E-state index contributed by atoms with van der Waals surface area (Å²) >= 11 is 0. The molecule has 108 valence electrons. The van der Waals surface area contributed by atoms with Crippen LogP contribution in [0, 0.1) is 13.8 Å². The van der Waals surface area contributed by atoms with E-state index in [4.69, 9.17) is 9.84 Å². The Morgan fingerprint density at radius 3 is 2.79 bits per heavy atom. The van der Waals surface area contributed by atoms with Gasteiger partial charge in [0.1, 0.15) is 0 Å². The minimum Gasteiger partial charge on any atom is -0.379 e. The molecule has 0 saturated carbocycles. The quantitative estimate of drug-likeness (QED) is 0.889. The Morgan fingerprint density at radius 1 is 1.42 bits per heavy atom. The zero-order chi connectivity index (χ0) is 13.8. The summed E-state index contributed by atoms with van der Waals surface area (Å²) in [6.45, 7) is 11.4. The van der Waals surface area contributed by atoms with Crippen LogP contribution in [0.1, 0.15) is 62.1 Å². The van der Waals surface area contributed by atoms with Crippen molar-refractivity contribution in [3.8, 4) is 0 Å². The molecule has 0 spiro atoms. The predicted molar refractivity (Wildman–Crippen MR) is 77.5 cm³/mol. The molecule has 0 bridgehead atoms. The van der Waals surface area contributed by atoms with Gasteiger partial charge in [0.2, 0.25) is 0 Å². The number of aromatic nitrogens is 2. The molecule has 2 atom stereocenters. The van der Waals surface area contributed by atoms with E-state index in [0.29, 0.717) is 12.1 Å². The highest BCUT2D eigenvalue weighted by atomic mass is 16.5. The van der Waals surface area contributed by atoms with Gasteiger partial charge in [0.25, 0.3) is 0 Å². The van der Waals surface area contributed by atoms with Crippen LogP contribution in [0.2, 0.25) is 0 Å². The number of nitrogens with zero attached hydrogens (tertiary/aromatic N) is 2. The Bertz CT molecular complexity index is 408. The third kappa shape index (κ3) is 3.00. The van der Waals surface area contributed by atoms with Crippen molar-refractivity contribution >= 4 is 0 Å². The fourth-order valence-corrected chi connectivity index (χ4v) is 3.15. The Hall–Kier alpha value is -0.870. The van der Waals surface area contributed by atoms with Crippen molar-refractivity contribution in [2.45, 2.75) is 59.0 Å². The van der Waals surface area contributed by atoms with Crippen molar-refractivity contribution < 1.29 is 4.74 Å². The Kier molecular flexibility index (Phi) is 4.99. The summed E-state index contributed by atoms with van der Waals surface area (Å²) in [7, 11) is 0. The van der Waals surface area contributed by atoms with Crippen LogP contribution in [-0.2, 0) is 4.74 Å². The molecule has 4 nitrogen and oxygen atoms in total. The fraction of sp³-hybridized carbons (Fsp3) is 0.800. The van der Waals surface area contributed by atoms with Crippen molar-refractivity contribution in [3.05, 3.63) is 17.0 Å². The van der Waals surface area contributed by atoms with Crippen molar-refractivity contribution in [2.24, 2.45) is 0 Å². The summed E-state index contributed by atoms with van der Waals surface area (Å²) in [5.74, 6) is 0. The topological polar surface area (TPSA) is 39.1 Å². The van der Waals surface area contributed by atoms with Crippen molar-refractivity contribution in [1.82, 2.24) is 15.1 Å². The van der Waals surface area contributed by atoms with Gasteiger partial charge in [-0.1, -0.05) is 13.8 Å². The molecule has 1 aromatic rings. The van der Waals surface area contributed by atoms with Gasteiger partial charge in [-0.2, -0.15) is 5.10 Å². The minimum atomic E-state index is 0.417. The van der Waals surface area contributed by atoms with Crippen molar-refractivity contribution in [1.29, 1.82) is 0 Å². The maximum atomic E-state index is 5.60. The molecular weight excluding hydrogens is 238 g/mol. The number of hydrogen-bond donors (Lipinski definition) is 1. The lowest BCUT2D eigenvalue weighted by atomic mass is 10.0. The lowest BCUT2D eigenvalue weighted by Crippen LogP contribution is -2.24. The van der Waals surface area contributed by atoms with Gasteiger partial charge in [0.05, 0.1) is 18.3 Å². The maximum Gasteiger partial charge on any atom is 0.0756 e. The monoisotopic (exact) mass is 265 g/mol. The van der Waals surface area contributed by atoms with Crippen molar-refractivity contribution in [3.63, 3.8) is 0 Å². The van der Waals surface area contributed by atoms with Gasteiger partial charge in [-0.3, -0.25) is 4.68 Å². The summed E-state index contributed by atoms with van der Waals surface area (Å²) in [4.78, 5) is 0. The van der Waals surface area contributed by atoms with Gasteiger partial charge in [-0.15, -0.1) is 0 Å². The largest absolute Gasteiger partial charge is 0.379 e. The zero-order valence-electron chi connectivity index (χ0n) is 12.7. The minimum absolute atomic E-state index is 0.417. The van der Waals surface area contributed by atoms with E-state index >= 15 is 0 Å². The second-order valence-corrected chi connectivity index (χ2v) is 5.42. The van der Waals surface area contributed by atoms with Crippen LogP contribution >= 0.6 is 0 Å². The normalized spacial score (nSPS) is 21.6. The Morgan fingerprint density at radius 2 is 2.21 bits per heavy atom. The number of nitrogens with one attached hydrogen (secondary N) is 1. The van der Waals surface area contributed by atoms with Crippen LogP contribution in [0.25, 0.3) is 0 Å². The molecule has 4 heteroatoms. The molecule has 1 aliphatic rings. The van der Waals surface area contributed by atoms with Gasteiger partial charge >= 0.3 is 0 Å².